The number of nitrogens with one attached hydrogen (secondary N) is 1. The van der Waals surface area contributed by atoms with Crippen LogP contribution >= 0.6 is 0 Å². The molecule has 6 rings (SSSR count). The maximum absolute atomic E-state index is 13.2. The predicted octanol–water partition coefficient (Wildman–Crippen LogP) is 3.37. The van der Waals surface area contributed by atoms with Gasteiger partial charge in [-0.3, -0.25) is 14.9 Å². The summed E-state index contributed by atoms with van der Waals surface area (Å²) in [4.78, 5) is 28.4. The molecule has 2 aromatic carbocycles. The molecule has 1 unspecified atom stereocenters. The first-order chi connectivity index (χ1) is 17.1. The van der Waals surface area contributed by atoms with E-state index in [0.717, 1.165) is 32.9 Å². The number of rotatable bonds is 5. The number of benzene rings is 2. The van der Waals surface area contributed by atoms with Crippen molar-refractivity contribution in [3.8, 4) is 0 Å². The molecule has 0 spiro atoms. The SMILES string of the molecule is Cn1cc(C2=C(c3cn(CC4C=CC=CN4CN)c4ccccc34)C(=O)NC2=O)c2ccccc21. The van der Waals surface area contributed by atoms with Crippen molar-refractivity contribution in [3.05, 3.63) is 96.5 Å². The number of aryl methyl sites for hydroxylation is 1. The molecule has 1 atom stereocenters. The molecule has 7 nitrogen and oxygen atoms in total. The van der Waals surface area contributed by atoms with E-state index in [1.54, 1.807) is 0 Å². The van der Waals surface area contributed by atoms with Crippen LogP contribution in [0, 0.1) is 0 Å². The largest absolute Gasteiger partial charge is 0.357 e. The lowest BCUT2D eigenvalue weighted by Gasteiger charge is -2.29. The Morgan fingerprint density at radius 3 is 2.20 bits per heavy atom. The number of nitrogens with two attached hydrogens (primary N) is 1. The fourth-order valence-corrected chi connectivity index (χ4v) is 5.24. The van der Waals surface area contributed by atoms with Gasteiger partial charge in [0.1, 0.15) is 0 Å². The van der Waals surface area contributed by atoms with Crippen LogP contribution in [0.1, 0.15) is 11.1 Å². The Kier molecular flexibility index (Phi) is 4.93. The van der Waals surface area contributed by atoms with Crippen LogP contribution in [0.15, 0.2) is 85.4 Å². The smallest absolute Gasteiger partial charge is 0.259 e. The van der Waals surface area contributed by atoms with Gasteiger partial charge in [0.2, 0.25) is 0 Å². The van der Waals surface area contributed by atoms with Gasteiger partial charge < -0.3 is 19.8 Å². The zero-order valence-electron chi connectivity index (χ0n) is 19.3. The molecule has 7 heteroatoms. The molecule has 2 aliphatic heterocycles. The summed E-state index contributed by atoms with van der Waals surface area (Å²) in [6.45, 7) is 1.07. The van der Waals surface area contributed by atoms with Crippen LogP contribution in [0.3, 0.4) is 0 Å². The summed E-state index contributed by atoms with van der Waals surface area (Å²) < 4.78 is 4.13. The van der Waals surface area contributed by atoms with Gasteiger partial charge in [0.15, 0.2) is 0 Å². The molecular weight excluding hydrogens is 438 g/mol. The lowest BCUT2D eigenvalue weighted by Crippen LogP contribution is -2.37. The number of carbonyl (C=O) groups is 2. The fraction of sp³-hybridized carbons (Fsp3) is 0.143. The summed E-state index contributed by atoms with van der Waals surface area (Å²) >= 11 is 0. The van der Waals surface area contributed by atoms with E-state index in [0.29, 0.717) is 24.4 Å². The summed E-state index contributed by atoms with van der Waals surface area (Å²) in [5.74, 6) is -0.738. The van der Waals surface area contributed by atoms with Crippen molar-refractivity contribution >= 4 is 44.8 Å². The van der Waals surface area contributed by atoms with Gasteiger partial charge in [-0.05, 0) is 18.2 Å². The lowest BCUT2D eigenvalue weighted by atomic mass is 9.95. The highest BCUT2D eigenvalue weighted by atomic mass is 16.2. The van der Waals surface area contributed by atoms with Gasteiger partial charge >= 0.3 is 0 Å². The quantitative estimate of drug-likeness (QED) is 0.445. The van der Waals surface area contributed by atoms with Gasteiger partial charge in [-0.15, -0.1) is 0 Å². The number of imide groups is 1. The molecule has 0 radical (unpaired) electrons. The summed E-state index contributed by atoms with van der Waals surface area (Å²) in [7, 11) is 1.95. The van der Waals surface area contributed by atoms with Crippen molar-refractivity contribution in [2.75, 3.05) is 6.67 Å². The minimum Gasteiger partial charge on any atom is -0.357 e. The van der Waals surface area contributed by atoms with Crippen molar-refractivity contribution in [1.29, 1.82) is 0 Å². The average Bonchev–Trinajstić information content (AvgIpc) is 3.50. The van der Waals surface area contributed by atoms with Crippen LogP contribution in [0.5, 0.6) is 0 Å². The highest BCUT2D eigenvalue weighted by Gasteiger charge is 2.35. The van der Waals surface area contributed by atoms with Crippen LogP contribution in [0.4, 0.5) is 0 Å². The number of hydrogen-bond donors (Lipinski definition) is 2. The Morgan fingerprint density at radius 2 is 1.49 bits per heavy atom. The Balaban J connectivity index is 1.55. The van der Waals surface area contributed by atoms with E-state index in [-0.39, 0.29) is 17.9 Å². The van der Waals surface area contributed by atoms with E-state index in [2.05, 4.69) is 20.9 Å². The molecule has 35 heavy (non-hydrogen) atoms. The fourth-order valence-electron chi connectivity index (χ4n) is 5.24. The van der Waals surface area contributed by atoms with Crippen molar-refractivity contribution in [1.82, 2.24) is 19.4 Å². The molecule has 3 N–H and O–H groups in total. The Hall–Kier alpha value is -4.36. The van der Waals surface area contributed by atoms with Crippen LogP contribution in [0.2, 0.25) is 0 Å². The number of aromatic nitrogens is 2. The zero-order chi connectivity index (χ0) is 24.1. The highest BCUT2D eigenvalue weighted by Crippen LogP contribution is 2.38. The molecule has 2 aromatic heterocycles. The first-order valence-electron chi connectivity index (χ1n) is 11.6. The van der Waals surface area contributed by atoms with Gasteiger partial charge in [-0.1, -0.05) is 48.6 Å². The molecule has 0 fully saturated rings. The zero-order valence-corrected chi connectivity index (χ0v) is 19.3. The second kappa shape index (κ2) is 8.14. The van der Waals surface area contributed by atoms with Crippen molar-refractivity contribution < 1.29 is 9.59 Å². The maximum Gasteiger partial charge on any atom is 0.259 e. The van der Waals surface area contributed by atoms with Gasteiger partial charge in [0.05, 0.1) is 23.9 Å². The summed E-state index contributed by atoms with van der Waals surface area (Å²) in [5.41, 5.74) is 10.3. The topological polar surface area (TPSA) is 85.3 Å². The number of hydrogen-bond acceptors (Lipinski definition) is 4. The molecule has 0 saturated carbocycles. The standard InChI is InChI=1S/C28H25N5O2/c1-31-15-21(19-9-2-4-11-23(19)31)25-26(28(35)30-27(25)34)22-16-33(24-12-5-3-10-20(22)24)14-18-8-6-7-13-32(18)17-29/h2-13,15-16,18H,14,17,29H2,1H3,(H,30,34,35). The van der Waals surface area contributed by atoms with Crippen LogP contribution in [-0.2, 0) is 23.2 Å². The molecule has 2 aliphatic rings. The van der Waals surface area contributed by atoms with E-state index < -0.39 is 0 Å². The number of fused-ring (bicyclic) bond motifs is 2. The molecule has 174 valence electrons. The third-order valence-electron chi connectivity index (χ3n) is 6.90. The number of nitrogens with zero attached hydrogens (tertiary/aromatic N) is 3. The number of carbonyl (C=O) groups excluding carboxylic acids is 2. The molecule has 0 aliphatic carbocycles. The Labute approximate surface area is 202 Å². The summed E-state index contributed by atoms with van der Waals surface area (Å²) in [6.07, 6.45) is 12.0. The minimum atomic E-state index is -0.370. The monoisotopic (exact) mass is 463 g/mol. The van der Waals surface area contributed by atoms with E-state index in [1.165, 1.54) is 0 Å². The van der Waals surface area contributed by atoms with E-state index >= 15 is 0 Å². The first kappa shape index (κ1) is 21.2. The van der Waals surface area contributed by atoms with E-state index in [1.807, 2.05) is 90.9 Å². The lowest BCUT2D eigenvalue weighted by molar-refractivity contribution is -0.122. The molecule has 2 amide bonds. The van der Waals surface area contributed by atoms with Gasteiger partial charge in [-0.2, -0.15) is 0 Å². The average molecular weight is 464 g/mol. The van der Waals surface area contributed by atoms with Crippen molar-refractivity contribution in [2.24, 2.45) is 12.8 Å². The summed E-state index contributed by atoms with van der Waals surface area (Å²) in [6, 6.07) is 16.0. The molecular formula is C28H25N5O2. The Morgan fingerprint density at radius 1 is 0.857 bits per heavy atom. The third-order valence-corrected chi connectivity index (χ3v) is 6.90. The van der Waals surface area contributed by atoms with Gasteiger partial charge in [-0.25, -0.2) is 0 Å². The van der Waals surface area contributed by atoms with E-state index in [9.17, 15) is 9.59 Å². The van der Waals surface area contributed by atoms with Crippen LogP contribution < -0.4 is 11.1 Å². The summed E-state index contributed by atoms with van der Waals surface area (Å²) in [5, 5.41) is 4.41. The first-order valence-corrected chi connectivity index (χ1v) is 11.6. The van der Waals surface area contributed by atoms with Gasteiger partial charge in [0.25, 0.3) is 11.8 Å². The van der Waals surface area contributed by atoms with Crippen LogP contribution in [0.25, 0.3) is 33.0 Å². The third kappa shape index (κ3) is 3.32. The van der Waals surface area contributed by atoms with Crippen LogP contribution in [-0.4, -0.2) is 38.6 Å². The maximum atomic E-state index is 13.2. The number of amides is 2. The molecule has 0 bridgehead atoms. The highest BCUT2D eigenvalue weighted by molar-refractivity contribution is 6.50. The second-order valence-corrected chi connectivity index (χ2v) is 8.91. The minimum absolute atomic E-state index is 0.0826. The second-order valence-electron chi connectivity index (χ2n) is 8.91. The number of allylic oxidation sites excluding steroid dienone is 2. The molecule has 0 saturated heterocycles. The van der Waals surface area contributed by atoms with Crippen molar-refractivity contribution in [2.45, 2.75) is 12.6 Å². The number of para-hydroxylation sites is 2. The van der Waals surface area contributed by atoms with E-state index in [4.69, 9.17) is 5.73 Å². The molecule has 4 aromatic rings. The van der Waals surface area contributed by atoms with Crippen molar-refractivity contribution in [3.63, 3.8) is 0 Å². The van der Waals surface area contributed by atoms with Gasteiger partial charge in [0, 0.05) is 65.1 Å². The molecule has 4 heterocycles. The predicted molar refractivity (Wildman–Crippen MR) is 138 cm³/mol. The Bertz CT molecular complexity index is 1600. The normalized spacial score (nSPS) is 17.9.